The van der Waals surface area contributed by atoms with Crippen molar-refractivity contribution >= 4 is 45.1 Å². The average Bonchev–Trinajstić information content (AvgIpc) is 3.04. The maximum absolute atomic E-state index is 2.34. The second-order valence-electron chi connectivity index (χ2n) is 3.83. The molecular formula is C10H18S4. The van der Waals surface area contributed by atoms with Gasteiger partial charge in [0.1, 0.15) is 0 Å². The van der Waals surface area contributed by atoms with Crippen LogP contribution in [0, 0.1) is 0 Å². The molecule has 2 aliphatic heterocycles. The van der Waals surface area contributed by atoms with E-state index >= 15 is 0 Å². The van der Waals surface area contributed by atoms with Crippen LogP contribution in [0.1, 0.15) is 26.7 Å². The highest BCUT2D eigenvalue weighted by Gasteiger charge is 2.35. The van der Waals surface area contributed by atoms with Crippen molar-refractivity contribution in [1.29, 1.82) is 0 Å². The Morgan fingerprint density at radius 1 is 1.00 bits per heavy atom. The molecule has 0 nitrogen and oxygen atoms in total. The van der Waals surface area contributed by atoms with Crippen LogP contribution in [0.4, 0.5) is 0 Å². The fourth-order valence-electron chi connectivity index (χ4n) is 1.47. The molecule has 2 heterocycles. The first-order valence-electron chi connectivity index (χ1n) is 5.40. The van der Waals surface area contributed by atoms with E-state index in [2.05, 4.69) is 59.0 Å². The lowest BCUT2D eigenvalue weighted by Gasteiger charge is -2.16. The van der Waals surface area contributed by atoms with Gasteiger partial charge in [0, 0.05) is 32.5 Å². The van der Waals surface area contributed by atoms with Gasteiger partial charge in [-0.1, -0.05) is 35.4 Å². The van der Waals surface area contributed by atoms with E-state index in [1.807, 2.05) is 0 Å². The van der Waals surface area contributed by atoms with Crippen molar-refractivity contribution in [2.45, 2.75) is 47.7 Å². The van der Waals surface area contributed by atoms with Crippen molar-refractivity contribution in [3.63, 3.8) is 0 Å². The third kappa shape index (κ3) is 3.46. The van der Waals surface area contributed by atoms with Gasteiger partial charge in [-0.25, -0.2) is 0 Å². The summed E-state index contributed by atoms with van der Waals surface area (Å²) < 4.78 is 0. The quantitative estimate of drug-likeness (QED) is 0.501. The summed E-state index contributed by atoms with van der Waals surface area (Å²) in [6, 6.07) is 0. The Kier molecular flexibility index (Phi) is 4.79. The lowest BCUT2D eigenvalue weighted by atomic mass is 10.3. The Morgan fingerprint density at radius 2 is 1.36 bits per heavy atom. The third-order valence-electron chi connectivity index (χ3n) is 2.66. The highest BCUT2D eigenvalue weighted by atomic mass is 33.1. The number of thioether (sulfide) groups is 2. The summed E-state index contributed by atoms with van der Waals surface area (Å²) in [6.07, 6.45) is 2.70. The third-order valence-corrected chi connectivity index (χ3v) is 8.84. The first kappa shape index (κ1) is 11.9. The van der Waals surface area contributed by atoms with Crippen LogP contribution in [0.5, 0.6) is 0 Å². The van der Waals surface area contributed by atoms with Gasteiger partial charge in [-0.3, -0.25) is 0 Å². The fourth-order valence-corrected chi connectivity index (χ4v) is 7.92. The molecule has 0 N–H and O–H groups in total. The Hall–Kier alpha value is 1.40. The predicted molar refractivity (Wildman–Crippen MR) is 75.8 cm³/mol. The van der Waals surface area contributed by atoms with Gasteiger partial charge in [0.15, 0.2) is 0 Å². The SMILES string of the molecule is CCC(SSC(CC)C1CS1)C1CS1. The summed E-state index contributed by atoms with van der Waals surface area (Å²) >= 11 is 4.29. The first-order valence-corrected chi connectivity index (χ1v) is 9.77. The molecule has 4 heteroatoms. The van der Waals surface area contributed by atoms with E-state index in [1.54, 1.807) is 0 Å². The molecule has 0 bridgehead atoms. The van der Waals surface area contributed by atoms with Crippen molar-refractivity contribution in [2.24, 2.45) is 0 Å². The van der Waals surface area contributed by atoms with E-state index in [4.69, 9.17) is 0 Å². The van der Waals surface area contributed by atoms with Crippen molar-refractivity contribution in [3.05, 3.63) is 0 Å². The lowest BCUT2D eigenvalue weighted by Crippen LogP contribution is -2.11. The fraction of sp³-hybridized carbons (Fsp3) is 1.00. The molecule has 4 unspecified atom stereocenters. The minimum absolute atomic E-state index is 0.919. The monoisotopic (exact) mass is 266 g/mol. The molecule has 2 rings (SSSR count). The zero-order chi connectivity index (χ0) is 9.97. The Labute approximate surface area is 104 Å². The lowest BCUT2D eigenvalue weighted by molar-refractivity contribution is 0.849. The zero-order valence-electron chi connectivity index (χ0n) is 8.77. The van der Waals surface area contributed by atoms with Crippen molar-refractivity contribution in [1.82, 2.24) is 0 Å². The smallest absolute Gasteiger partial charge is 0.0275 e. The summed E-state index contributed by atoms with van der Waals surface area (Å²) in [5.74, 6) is 2.84. The van der Waals surface area contributed by atoms with E-state index in [1.165, 1.54) is 24.3 Å². The standard InChI is InChI=1S/C10H18S4/c1-3-7(9-5-11-9)13-14-8(4-2)10-6-12-10/h7-10H,3-6H2,1-2H3. The van der Waals surface area contributed by atoms with Crippen LogP contribution in [-0.4, -0.2) is 32.5 Å². The summed E-state index contributed by atoms with van der Waals surface area (Å²) in [4.78, 5) is 0. The molecule has 0 amide bonds. The molecule has 0 aliphatic carbocycles. The summed E-state index contributed by atoms with van der Waals surface area (Å²) in [5, 5.41) is 3.81. The van der Waals surface area contributed by atoms with E-state index in [9.17, 15) is 0 Å². The molecule has 2 aliphatic rings. The van der Waals surface area contributed by atoms with Gasteiger partial charge in [-0.05, 0) is 12.8 Å². The second kappa shape index (κ2) is 5.65. The molecule has 82 valence electrons. The molecule has 0 aromatic carbocycles. The van der Waals surface area contributed by atoms with Crippen LogP contribution < -0.4 is 0 Å². The minimum atomic E-state index is 0.919. The molecular weight excluding hydrogens is 248 g/mol. The molecule has 0 aromatic rings. The van der Waals surface area contributed by atoms with Crippen LogP contribution in [0.3, 0.4) is 0 Å². The van der Waals surface area contributed by atoms with Crippen LogP contribution in [0.2, 0.25) is 0 Å². The summed E-state index contributed by atoms with van der Waals surface area (Å²) in [6.45, 7) is 4.67. The number of hydrogen-bond donors (Lipinski definition) is 0. The number of rotatable bonds is 7. The van der Waals surface area contributed by atoms with Crippen LogP contribution in [-0.2, 0) is 0 Å². The zero-order valence-corrected chi connectivity index (χ0v) is 12.0. The summed E-state index contributed by atoms with van der Waals surface area (Å²) in [5.41, 5.74) is 0. The van der Waals surface area contributed by atoms with Crippen LogP contribution in [0.25, 0.3) is 0 Å². The largest absolute Gasteiger partial charge is 0.155 e. The summed E-state index contributed by atoms with van der Waals surface area (Å²) in [7, 11) is 4.35. The van der Waals surface area contributed by atoms with Crippen molar-refractivity contribution in [3.8, 4) is 0 Å². The Balaban J connectivity index is 1.67. The highest BCUT2D eigenvalue weighted by molar-refractivity contribution is 8.77. The molecule has 4 atom stereocenters. The molecule has 0 radical (unpaired) electrons. The van der Waals surface area contributed by atoms with Gasteiger partial charge in [0.2, 0.25) is 0 Å². The predicted octanol–water partition coefficient (Wildman–Crippen LogP) is 4.16. The highest BCUT2D eigenvalue weighted by Crippen LogP contribution is 2.49. The Morgan fingerprint density at radius 3 is 1.57 bits per heavy atom. The molecule has 0 spiro atoms. The first-order chi connectivity index (χ1) is 6.85. The Bertz CT molecular complexity index is 157. The van der Waals surface area contributed by atoms with E-state index in [-0.39, 0.29) is 0 Å². The maximum atomic E-state index is 2.34. The van der Waals surface area contributed by atoms with Gasteiger partial charge in [0.05, 0.1) is 0 Å². The van der Waals surface area contributed by atoms with Crippen molar-refractivity contribution in [2.75, 3.05) is 11.5 Å². The van der Waals surface area contributed by atoms with Crippen LogP contribution in [0.15, 0.2) is 0 Å². The average molecular weight is 267 g/mol. The van der Waals surface area contributed by atoms with E-state index in [0.29, 0.717) is 0 Å². The topological polar surface area (TPSA) is 0 Å². The minimum Gasteiger partial charge on any atom is -0.155 e. The van der Waals surface area contributed by atoms with Crippen LogP contribution >= 0.6 is 45.1 Å². The normalized spacial score (nSPS) is 33.9. The van der Waals surface area contributed by atoms with Gasteiger partial charge < -0.3 is 0 Å². The van der Waals surface area contributed by atoms with E-state index in [0.717, 1.165) is 21.0 Å². The van der Waals surface area contributed by atoms with Crippen molar-refractivity contribution < 1.29 is 0 Å². The maximum Gasteiger partial charge on any atom is 0.0275 e. The molecule has 0 saturated carbocycles. The molecule has 2 saturated heterocycles. The van der Waals surface area contributed by atoms with Gasteiger partial charge >= 0.3 is 0 Å². The molecule has 14 heavy (non-hydrogen) atoms. The second-order valence-corrected chi connectivity index (χ2v) is 9.12. The van der Waals surface area contributed by atoms with E-state index < -0.39 is 0 Å². The van der Waals surface area contributed by atoms with Gasteiger partial charge in [0.25, 0.3) is 0 Å². The molecule has 0 aromatic heterocycles. The molecule has 2 fully saturated rings. The number of hydrogen-bond acceptors (Lipinski definition) is 4. The van der Waals surface area contributed by atoms with Gasteiger partial charge in [-0.15, -0.1) is 0 Å². The van der Waals surface area contributed by atoms with Gasteiger partial charge in [-0.2, -0.15) is 23.5 Å².